The number of halogens is 1. The van der Waals surface area contributed by atoms with Crippen LogP contribution in [0.1, 0.15) is 69.9 Å². The largest absolute Gasteiger partial charge is 0.459 e. The summed E-state index contributed by atoms with van der Waals surface area (Å²) in [5.74, 6) is 0.307. The Labute approximate surface area is 146 Å². The zero-order valence-corrected chi connectivity index (χ0v) is 15.3. The minimum Gasteiger partial charge on any atom is -0.459 e. The van der Waals surface area contributed by atoms with Gasteiger partial charge in [0.15, 0.2) is 0 Å². The second-order valence-electron chi connectivity index (χ2n) is 7.38. The van der Waals surface area contributed by atoms with E-state index in [1.807, 2.05) is 26.8 Å². The number of carbonyl (C=O) groups is 1. The molecule has 1 saturated carbocycles. The molecule has 0 aliphatic heterocycles. The summed E-state index contributed by atoms with van der Waals surface area (Å²) in [6, 6.07) is 7.83. The molecule has 1 aliphatic rings. The van der Waals surface area contributed by atoms with Crippen molar-refractivity contribution in [1.82, 2.24) is 0 Å². The van der Waals surface area contributed by atoms with E-state index >= 15 is 0 Å². The number of nitrogens with two attached hydrogens (primary N) is 1. The second-order valence-corrected chi connectivity index (χ2v) is 7.38. The Hall–Kier alpha value is -1.06. The minimum absolute atomic E-state index is 0. The molecule has 1 aromatic rings. The van der Waals surface area contributed by atoms with E-state index in [-0.39, 0.29) is 18.4 Å². The Morgan fingerprint density at radius 2 is 1.83 bits per heavy atom. The van der Waals surface area contributed by atoms with Crippen LogP contribution in [-0.4, -0.2) is 17.6 Å². The van der Waals surface area contributed by atoms with Gasteiger partial charge in [-0.3, -0.25) is 4.79 Å². The van der Waals surface area contributed by atoms with E-state index in [9.17, 15) is 4.79 Å². The van der Waals surface area contributed by atoms with Crippen molar-refractivity contribution in [2.24, 2.45) is 5.73 Å². The quantitative estimate of drug-likeness (QED) is 0.829. The number of carbonyl (C=O) groups excluding carboxylic acids is 1. The molecular weight excluding hydrogens is 310 g/mol. The van der Waals surface area contributed by atoms with E-state index < -0.39 is 11.6 Å². The molecule has 130 valence electrons. The molecule has 0 radical (unpaired) electrons. The second kappa shape index (κ2) is 8.70. The van der Waals surface area contributed by atoms with Crippen LogP contribution in [0, 0.1) is 0 Å². The van der Waals surface area contributed by atoms with Crippen molar-refractivity contribution < 1.29 is 9.53 Å². The molecule has 0 unspecified atom stereocenters. The van der Waals surface area contributed by atoms with Gasteiger partial charge in [-0.15, -0.1) is 12.4 Å². The van der Waals surface area contributed by atoms with Crippen LogP contribution in [0.25, 0.3) is 0 Å². The van der Waals surface area contributed by atoms with Crippen LogP contribution in [-0.2, 0) is 16.0 Å². The van der Waals surface area contributed by atoms with Gasteiger partial charge in [0.1, 0.15) is 11.6 Å². The summed E-state index contributed by atoms with van der Waals surface area (Å²) in [4.78, 5) is 12.1. The van der Waals surface area contributed by atoms with Crippen LogP contribution in [0.4, 0.5) is 0 Å². The molecule has 0 heterocycles. The Kier molecular flexibility index (Phi) is 7.56. The van der Waals surface area contributed by atoms with Gasteiger partial charge in [0.2, 0.25) is 0 Å². The van der Waals surface area contributed by atoms with Crippen molar-refractivity contribution in [3.05, 3.63) is 35.4 Å². The van der Waals surface area contributed by atoms with Gasteiger partial charge in [0, 0.05) is 0 Å². The van der Waals surface area contributed by atoms with Crippen LogP contribution >= 0.6 is 12.4 Å². The van der Waals surface area contributed by atoms with Crippen LogP contribution < -0.4 is 5.73 Å². The molecule has 1 fully saturated rings. The third-order valence-corrected chi connectivity index (χ3v) is 4.25. The molecule has 3 nitrogen and oxygen atoms in total. The molecule has 0 amide bonds. The number of benzene rings is 1. The first-order chi connectivity index (χ1) is 10.4. The fourth-order valence-corrected chi connectivity index (χ4v) is 3.23. The lowest BCUT2D eigenvalue weighted by molar-refractivity contribution is -0.156. The molecule has 0 spiro atoms. The Morgan fingerprint density at radius 3 is 2.43 bits per heavy atom. The van der Waals surface area contributed by atoms with E-state index in [0.29, 0.717) is 12.3 Å². The first-order valence-corrected chi connectivity index (χ1v) is 8.43. The summed E-state index contributed by atoms with van der Waals surface area (Å²) in [7, 11) is 0. The summed E-state index contributed by atoms with van der Waals surface area (Å²) in [6.45, 7) is 5.61. The summed E-state index contributed by atoms with van der Waals surface area (Å²) in [5.41, 5.74) is 8.17. The van der Waals surface area contributed by atoms with Gasteiger partial charge in [-0.05, 0) is 57.1 Å². The van der Waals surface area contributed by atoms with E-state index in [4.69, 9.17) is 10.5 Å². The standard InChI is InChI=1S/C19H29NO2.ClH/c1-19(2,3)22-18(21)17(20)13-15-11-7-8-12-16(15)14-9-5-4-6-10-14;/h7-8,11-12,14,17H,4-6,9-10,13,20H2,1-3H3;1H/t17-;/m0./s1. The molecule has 0 saturated heterocycles. The normalized spacial score (nSPS) is 17.2. The van der Waals surface area contributed by atoms with Crippen molar-refractivity contribution >= 4 is 18.4 Å². The first-order valence-electron chi connectivity index (χ1n) is 8.43. The zero-order valence-electron chi connectivity index (χ0n) is 14.5. The molecule has 2 N–H and O–H groups in total. The summed E-state index contributed by atoms with van der Waals surface area (Å²) in [5, 5.41) is 0. The number of hydrogen-bond donors (Lipinski definition) is 1. The van der Waals surface area contributed by atoms with Crippen LogP contribution in [0.15, 0.2) is 24.3 Å². The molecular formula is C19H30ClNO2. The third kappa shape index (κ3) is 6.15. The van der Waals surface area contributed by atoms with E-state index in [1.165, 1.54) is 43.2 Å². The molecule has 0 bridgehead atoms. The topological polar surface area (TPSA) is 52.3 Å². The molecule has 2 rings (SSSR count). The van der Waals surface area contributed by atoms with Crippen LogP contribution in [0.5, 0.6) is 0 Å². The maximum Gasteiger partial charge on any atom is 0.323 e. The van der Waals surface area contributed by atoms with Crippen molar-refractivity contribution in [3.63, 3.8) is 0 Å². The van der Waals surface area contributed by atoms with Gasteiger partial charge in [-0.2, -0.15) is 0 Å². The monoisotopic (exact) mass is 339 g/mol. The highest BCUT2D eigenvalue weighted by Crippen LogP contribution is 2.34. The maximum atomic E-state index is 12.1. The highest BCUT2D eigenvalue weighted by Gasteiger charge is 2.24. The molecule has 1 atom stereocenters. The lowest BCUT2D eigenvalue weighted by atomic mass is 9.81. The van der Waals surface area contributed by atoms with Crippen molar-refractivity contribution in [2.75, 3.05) is 0 Å². The molecule has 23 heavy (non-hydrogen) atoms. The average molecular weight is 340 g/mol. The van der Waals surface area contributed by atoms with Gasteiger partial charge in [0.25, 0.3) is 0 Å². The zero-order chi connectivity index (χ0) is 16.2. The summed E-state index contributed by atoms with van der Waals surface area (Å²) < 4.78 is 5.39. The molecule has 4 heteroatoms. The van der Waals surface area contributed by atoms with Crippen molar-refractivity contribution in [3.8, 4) is 0 Å². The predicted molar refractivity (Wildman–Crippen MR) is 97.0 cm³/mol. The lowest BCUT2D eigenvalue weighted by Gasteiger charge is -2.26. The Balaban J connectivity index is 0.00000264. The van der Waals surface area contributed by atoms with Crippen LogP contribution in [0.2, 0.25) is 0 Å². The third-order valence-electron chi connectivity index (χ3n) is 4.25. The van der Waals surface area contributed by atoms with Gasteiger partial charge in [-0.25, -0.2) is 0 Å². The average Bonchev–Trinajstić information content (AvgIpc) is 2.47. The number of hydrogen-bond acceptors (Lipinski definition) is 3. The van der Waals surface area contributed by atoms with Crippen LogP contribution in [0.3, 0.4) is 0 Å². The Morgan fingerprint density at radius 1 is 1.22 bits per heavy atom. The molecule has 1 aliphatic carbocycles. The first kappa shape index (κ1) is 20.0. The Bertz CT molecular complexity index is 504. The number of rotatable bonds is 4. The summed E-state index contributed by atoms with van der Waals surface area (Å²) >= 11 is 0. The fraction of sp³-hybridized carbons (Fsp3) is 0.632. The van der Waals surface area contributed by atoms with Gasteiger partial charge >= 0.3 is 5.97 Å². The minimum atomic E-state index is -0.594. The highest BCUT2D eigenvalue weighted by molar-refractivity contribution is 5.85. The predicted octanol–water partition coefficient (Wildman–Crippen LogP) is 4.37. The van der Waals surface area contributed by atoms with Gasteiger partial charge < -0.3 is 10.5 Å². The van der Waals surface area contributed by atoms with Crippen molar-refractivity contribution in [1.29, 1.82) is 0 Å². The van der Waals surface area contributed by atoms with Gasteiger partial charge in [0.05, 0.1) is 0 Å². The van der Waals surface area contributed by atoms with E-state index in [1.54, 1.807) is 0 Å². The number of ether oxygens (including phenoxy) is 1. The fourth-order valence-electron chi connectivity index (χ4n) is 3.23. The van der Waals surface area contributed by atoms with Crippen molar-refractivity contribution in [2.45, 2.75) is 76.9 Å². The smallest absolute Gasteiger partial charge is 0.323 e. The molecule has 0 aromatic heterocycles. The lowest BCUT2D eigenvalue weighted by Crippen LogP contribution is -2.39. The van der Waals surface area contributed by atoms with Gasteiger partial charge in [-0.1, -0.05) is 43.5 Å². The number of esters is 1. The van der Waals surface area contributed by atoms with E-state index in [2.05, 4.69) is 18.2 Å². The van der Waals surface area contributed by atoms with E-state index in [0.717, 1.165) is 0 Å². The highest BCUT2D eigenvalue weighted by atomic mass is 35.5. The SMILES string of the molecule is CC(C)(C)OC(=O)[C@@H](N)Cc1ccccc1C1CCCCC1.Cl. The summed E-state index contributed by atoms with van der Waals surface area (Å²) in [6.07, 6.45) is 7.00. The maximum absolute atomic E-state index is 12.1. The molecule has 1 aromatic carbocycles.